The first-order valence-corrected chi connectivity index (χ1v) is 13.0. The minimum absolute atomic E-state index is 0. The molecule has 2 aliphatic heterocycles. The minimum Gasteiger partial charge on any atom is -0.357 e. The largest absolute Gasteiger partial charge is 2.00 e. The molecule has 41 heavy (non-hydrogen) atoms. The van der Waals surface area contributed by atoms with Gasteiger partial charge in [0.2, 0.25) is 0 Å². The first kappa shape index (κ1) is 23.8. The van der Waals surface area contributed by atoms with Crippen molar-refractivity contribution in [1.29, 1.82) is 0 Å². The molecular formula is C33H17N7Zn. The molecule has 0 spiro atoms. The van der Waals surface area contributed by atoms with Crippen LogP contribution < -0.4 is 4.98 Å². The summed E-state index contributed by atoms with van der Waals surface area (Å²) in [6.45, 7) is 0. The third-order valence-corrected chi connectivity index (χ3v) is 7.49. The summed E-state index contributed by atoms with van der Waals surface area (Å²) in [5.41, 5.74) is 6.45. The van der Waals surface area contributed by atoms with Crippen LogP contribution in [-0.2, 0) is 19.5 Å². The Balaban J connectivity index is 0.00000256. The molecule has 0 aliphatic carbocycles. The summed E-state index contributed by atoms with van der Waals surface area (Å²) in [6, 6.07) is 34.2. The number of fused-ring (bicyclic) bond motifs is 20. The van der Waals surface area contributed by atoms with Gasteiger partial charge < -0.3 is 15.0 Å². The van der Waals surface area contributed by atoms with Crippen molar-refractivity contribution in [1.82, 2.24) is 34.9 Å². The van der Waals surface area contributed by atoms with Crippen molar-refractivity contribution in [3.63, 3.8) is 0 Å². The van der Waals surface area contributed by atoms with E-state index in [1.165, 1.54) is 0 Å². The summed E-state index contributed by atoms with van der Waals surface area (Å²) >= 11 is 0. The molecule has 7 nitrogen and oxygen atoms in total. The second-order valence-electron chi connectivity index (χ2n) is 9.82. The second kappa shape index (κ2) is 8.98. The maximum Gasteiger partial charge on any atom is 2.00 e. The van der Waals surface area contributed by atoms with E-state index < -0.39 is 0 Å². The average Bonchev–Trinajstić information content (AvgIpc) is 3.73. The molecule has 0 N–H and O–H groups in total. The van der Waals surface area contributed by atoms with Crippen LogP contribution >= 0.6 is 0 Å². The Morgan fingerprint density at radius 3 is 1.15 bits per heavy atom. The van der Waals surface area contributed by atoms with Crippen LogP contribution in [-0.4, -0.2) is 29.9 Å². The summed E-state index contributed by atoms with van der Waals surface area (Å²) in [5, 5.41) is 3.82. The van der Waals surface area contributed by atoms with E-state index in [9.17, 15) is 0 Å². The van der Waals surface area contributed by atoms with Gasteiger partial charge in [-0.25, -0.2) is 9.97 Å². The number of aromatic nitrogens is 7. The van der Waals surface area contributed by atoms with Crippen molar-refractivity contribution in [2.45, 2.75) is 0 Å². The van der Waals surface area contributed by atoms with Crippen LogP contribution in [0.4, 0.5) is 0 Å². The summed E-state index contributed by atoms with van der Waals surface area (Å²) < 4.78 is 0. The molecule has 0 fully saturated rings. The molecule has 2 aromatic heterocycles. The number of hydrogen-bond donors (Lipinski definition) is 0. The van der Waals surface area contributed by atoms with Gasteiger partial charge in [-0.1, -0.05) is 84.9 Å². The fourth-order valence-electron chi connectivity index (χ4n) is 5.62. The topological polar surface area (TPSA) is 91.4 Å². The first-order valence-electron chi connectivity index (χ1n) is 13.0. The fourth-order valence-corrected chi connectivity index (χ4v) is 5.62. The zero-order valence-corrected chi connectivity index (χ0v) is 24.6. The minimum atomic E-state index is 0. The maximum atomic E-state index is 5.06. The van der Waals surface area contributed by atoms with Gasteiger partial charge in [0.1, 0.15) is 0 Å². The van der Waals surface area contributed by atoms with Crippen molar-refractivity contribution in [3.8, 4) is 45.6 Å². The van der Waals surface area contributed by atoms with E-state index in [4.69, 9.17) is 34.9 Å². The van der Waals surface area contributed by atoms with Gasteiger partial charge in [0.15, 0.2) is 11.6 Å². The molecule has 4 heterocycles. The van der Waals surface area contributed by atoms with Crippen molar-refractivity contribution >= 4 is 43.9 Å². The van der Waals surface area contributed by atoms with Gasteiger partial charge in [0.25, 0.3) is 0 Å². The van der Waals surface area contributed by atoms with Crippen LogP contribution in [0, 0.1) is 0 Å². The molecule has 7 aromatic rings. The molecule has 0 saturated heterocycles. The monoisotopic (exact) mass is 575 g/mol. The van der Waals surface area contributed by atoms with Gasteiger partial charge in [-0.3, -0.25) is 9.97 Å². The standard InChI is InChI=1S/C33H17N7.Zn/c1-2-10-19-18(9-1)26-17-27(19)35-29-21-12-4-6-14-23(21)31(37-29)39-33-25-16-8-7-15-24(25)32(40-33)38-30-22-13-5-3-11-20(22)28(34-26)36-30;/h1-17H;/q-2;+2. The number of benzene rings is 4. The molecule has 0 unspecified atom stereocenters. The zero-order valence-electron chi connectivity index (χ0n) is 21.7. The van der Waals surface area contributed by atoms with E-state index in [1.54, 1.807) is 0 Å². The van der Waals surface area contributed by atoms with Gasteiger partial charge in [-0.05, 0) is 21.8 Å². The van der Waals surface area contributed by atoms with Gasteiger partial charge in [0.05, 0.1) is 11.6 Å². The number of hydrogen-bond acceptors (Lipinski definition) is 6. The molecule has 0 radical (unpaired) electrons. The van der Waals surface area contributed by atoms with Gasteiger partial charge in [0, 0.05) is 33.5 Å². The SMILES string of the molecule is [Zn+2].c1ccc2c(c1)-c1nc-2nc2[n-]c(nc3nc(nc4[cH-]c(n1)c1ccccc41)-c1ccccc1-3)c1ccccc21. The van der Waals surface area contributed by atoms with Gasteiger partial charge in [-0.15, -0.1) is 29.0 Å². The fraction of sp³-hybridized carbons (Fsp3) is 0. The number of rotatable bonds is 0. The molecule has 2 aliphatic rings. The maximum absolute atomic E-state index is 5.06. The molecule has 186 valence electrons. The summed E-state index contributed by atoms with van der Waals surface area (Å²) in [4.78, 5) is 34.8. The molecule has 8 bridgehead atoms. The van der Waals surface area contributed by atoms with Crippen LogP contribution in [0.15, 0.2) is 103 Å². The normalized spacial score (nSPS) is 11.7. The van der Waals surface area contributed by atoms with Crippen molar-refractivity contribution in [3.05, 3.63) is 103 Å². The Morgan fingerprint density at radius 2 is 0.732 bits per heavy atom. The van der Waals surface area contributed by atoms with Gasteiger partial charge in [-0.2, -0.15) is 0 Å². The van der Waals surface area contributed by atoms with Crippen LogP contribution in [0.3, 0.4) is 0 Å². The Morgan fingerprint density at radius 1 is 0.390 bits per heavy atom. The molecule has 5 aromatic carbocycles. The molecule has 8 heteroatoms. The first-order chi connectivity index (χ1) is 19.8. The third kappa shape index (κ3) is 3.58. The Kier molecular flexibility index (Phi) is 5.21. The van der Waals surface area contributed by atoms with Crippen LogP contribution in [0.25, 0.3) is 89.4 Å². The van der Waals surface area contributed by atoms with E-state index in [0.717, 1.165) is 54.8 Å². The molecule has 0 saturated carbocycles. The second-order valence-corrected chi connectivity index (χ2v) is 9.82. The smallest absolute Gasteiger partial charge is 0.357 e. The quantitative estimate of drug-likeness (QED) is 0.143. The Labute approximate surface area is 246 Å². The van der Waals surface area contributed by atoms with E-state index in [1.807, 2.05) is 91.0 Å². The summed E-state index contributed by atoms with van der Waals surface area (Å²) in [5.74, 6) is 2.39. The predicted molar refractivity (Wildman–Crippen MR) is 156 cm³/mol. The van der Waals surface area contributed by atoms with Crippen LogP contribution in [0.2, 0.25) is 0 Å². The Bertz CT molecular complexity index is 2030. The molecular weight excluding hydrogens is 560 g/mol. The van der Waals surface area contributed by atoms with E-state index in [0.29, 0.717) is 34.6 Å². The van der Waals surface area contributed by atoms with Crippen molar-refractivity contribution in [2.75, 3.05) is 0 Å². The molecule has 0 amide bonds. The van der Waals surface area contributed by atoms with Crippen LogP contribution in [0.1, 0.15) is 0 Å². The summed E-state index contributed by atoms with van der Waals surface area (Å²) in [7, 11) is 0. The predicted octanol–water partition coefficient (Wildman–Crippen LogP) is 6.89. The number of nitrogens with zero attached hydrogens (tertiary/aromatic N) is 7. The molecule has 0 atom stereocenters. The average molecular weight is 577 g/mol. The van der Waals surface area contributed by atoms with Gasteiger partial charge >= 0.3 is 19.5 Å². The van der Waals surface area contributed by atoms with Crippen molar-refractivity contribution in [2.24, 2.45) is 0 Å². The zero-order chi connectivity index (χ0) is 26.2. The Hall–Kier alpha value is -5.07. The van der Waals surface area contributed by atoms with E-state index >= 15 is 0 Å². The summed E-state index contributed by atoms with van der Waals surface area (Å²) in [6.07, 6.45) is 0. The van der Waals surface area contributed by atoms with Crippen LogP contribution in [0.5, 0.6) is 0 Å². The van der Waals surface area contributed by atoms with E-state index in [2.05, 4.69) is 12.1 Å². The molecule has 9 rings (SSSR count). The van der Waals surface area contributed by atoms with Crippen molar-refractivity contribution < 1.29 is 19.5 Å². The van der Waals surface area contributed by atoms with E-state index in [-0.39, 0.29) is 19.5 Å². The third-order valence-electron chi connectivity index (χ3n) is 7.49.